The van der Waals surface area contributed by atoms with Gasteiger partial charge in [-0.2, -0.15) is 5.26 Å². The molecule has 2 unspecified atom stereocenters. The fourth-order valence-electron chi connectivity index (χ4n) is 2.27. The zero-order valence-electron chi connectivity index (χ0n) is 9.62. The van der Waals surface area contributed by atoms with Gasteiger partial charge in [-0.05, 0) is 31.0 Å². The molecule has 1 aromatic carbocycles. The quantitative estimate of drug-likeness (QED) is 0.847. The topological polar surface area (TPSA) is 61.8 Å². The van der Waals surface area contributed by atoms with Gasteiger partial charge in [0.05, 0.1) is 11.3 Å². The first kappa shape index (κ1) is 12.2. The number of benzene rings is 1. The van der Waals surface area contributed by atoms with Crippen molar-refractivity contribution in [2.45, 2.75) is 37.8 Å². The molecule has 0 heterocycles. The summed E-state index contributed by atoms with van der Waals surface area (Å²) in [4.78, 5) is 0. The Bertz CT molecular complexity index is 439. The van der Waals surface area contributed by atoms with E-state index in [9.17, 15) is 0 Å². The van der Waals surface area contributed by atoms with Gasteiger partial charge in [0.15, 0.2) is 0 Å². The Morgan fingerprint density at radius 2 is 2.12 bits per heavy atom. The lowest BCUT2D eigenvalue weighted by atomic mass is 9.90. The summed E-state index contributed by atoms with van der Waals surface area (Å²) in [6.45, 7) is 0. The second-order valence-electron chi connectivity index (χ2n) is 4.50. The monoisotopic (exact) mass is 249 g/mol. The minimum Gasteiger partial charge on any atom is -0.380 e. The van der Waals surface area contributed by atoms with E-state index >= 15 is 0 Å². The average Bonchev–Trinajstić information content (AvgIpc) is 2.32. The van der Waals surface area contributed by atoms with E-state index in [1.165, 1.54) is 12.8 Å². The molecule has 17 heavy (non-hydrogen) atoms. The van der Waals surface area contributed by atoms with Crippen LogP contribution in [0.15, 0.2) is 18.2 Å². The van der Waals surface area contributed by atoms with Crippen LogP contribution >= 0.6 is 11.6 Å². The highest BCUT2D eigenvalue weighted by molar-refractivity contribution is 6.30. The number of nitrogens with one attached hydrogen (secondary N) is 1. The van der Waals surface area contributed by atoms with Crippen LogP contribution in [0.4, 0.5) is 5.69 Å². The molecular formula is C13H16ClN3. The third-order valence-electron chi connectivity index (χ3n) is 3.26. The molecule has 90 valence electrons. The molecule has 0 bridgehead atoms. The Labute approximate surface area is 107 Å². The van der Waals surface area contributed by atoms with Gasteiger partial charge in [-0.3, -0.25) is 0 Å². The summed E-state index contributed by atoms with van der Waals surface area (Å²) < 4.78 is 0. The summed E-state index contributed by atoms with van der Waals surface area (Å²) in [7, 11) is 0. The number of hydrogen-bond acceptors (Lipinski definition) is 3. The molecule has 1 saturated carbocycles. The molecule has 0 saturated heterocycles. The zero-order valence-corrected chi connectivity index (χ0v) is 10.4. The molecule has 3 nitrogen and oxygen atoms in total. The fourth-order valence-corrected chi connectivity index (χ4v) is 2.44. The van der Waals surface area contributed by atoms with Crippen molar-refractivity contribution in [1.82, 2.24) is 0 Å². The molecule has 2 rings (SSSR count). The number of nitriles is 1. The molecule has 0 spiro atoms. The van der Waals surface area contributed by atoms with Crippen LogP contribution in [-0.4, -0.2) is 12.1 Å². The molecule has 0 aromatic heterocycles. The highest BCUT2D eigenvalue weighted by Crippen LogP contribution is 2.25. The summed E-state index contributed by atoms with van der Waals surface area (Å²) in [6.07, 6.45) is 4.48. The lowest BCUT2D eigenvalue weighted by Crippen LogP contribution is -2.42. The Morgan fingerprint density at radius 3 is 2.82 bits per heavy atom. The van der Waals surface area contributed by atoms with Crippen molar-refractivity contribution in [3.8, 4) is 6.07 Å². The van der Waals surface area contributed by atoms with Gasteiger partial charge < -0.3 is 11.1 Å². The predicted molar refractivity (Wildman–Crippen MR) is 70.0 cm³/mol. The predicted octanol–water partition coefficient (Wildman–Crippen LogP) is 2.89. The van der Waals surface area contributed by atoms with Crippen molar-refractivity contribution < 1.29 is 0 Å². The van der Waals surface area contributed by atoms with Crippen molar-refractivity contribution in [2.24, 2.45) is 5.73 Å². The largest absolute Gasteiger partial charge is 0.380 e. The number of anilines is 1. The lowest BCUT2D eigenvalue weighted by molar-refractivity contribution is 0.404. The summed E-state index contributed by atoms with van der Waals surface area (Å²) in [5.74, 6) is 0. The van der Waals surface area contributed by atoms with E-state index in [0.29, 0.717) is 10.6 Å². The average molecular weight is 250 g/mol. The molecular weight excluding hydrogens is 234 g/mol. The van der Waals surface area contributed by atoms with Crippen LogP contribution in [0.3, 0.4) is 0 Å². The Hall–Kier alpha value is -1.24. The molecule has 2 atom stereocenters. The van der Waals surface area contributed by atoms with Crippen LogP contribution in [0.5, 0.6) is 0 Å². The van der Waals surface area contributed by atoms with E-state index in [0.717, 1.165) is 18.5 Å². The van der Waals surface area contributed by atoms with Gasteiger partial charge in [0.1, 0.15) is 6.07 Å². The molecule has 0 amide bonds. The van der Waals surface area contributed by atoms with E-state index in [-0.39, 0.29) is 12.1 Å². The third kappa shape index (κ3) is 2.91. The van der Waals surface area contributed by atoms with E-state index in [1.54, 1.807) is 18.2 Å². The van der Waals surface area contributed by atoms with Crippen molar-refractivity contribution in [2.75, 3.05) is 5.32 Å². The van der Waals surface area contributed by atoms with Gasteiger partial charge in [0.25, 0.3) is 0 Å². The van der Waals surface area contributed by atoms with E-state index in [1.807, 2.05) is 0 Å². The molecule has 1 aromatic rings. The van der Waals surface area contributed by atoms with E-state index in [4.69, 9.17) is 22.6 Å². The molecule has 4 heteroatoms. The van der Waals surface area contributed by atoms with Crippen molar-refractivity contribution in [3.05, 3.63) is 28.8 Å². The van der Waals surface area contributed by atoms with Gasteiger partial charge >= 0.3 is 0 Å². The Balaban J connectivity index is 2.17. The zero-order chi connectivity index (χ0) is 12.3. The number of halogens is 1. The first-order valence-corrected chi connectivity index (χ1v) is 6.30. The number of nitrogens with two attached hydrogens (primary N) is 1. The van der Waals surface area contributed by atoms with E-state index in [2.05, 4.69) is 11.4 Å². The standard InChI is InChI=1S/C13H16ClN3/c14-10-6-5-9(8-15)13(7-10)17-12-4-2-1-3-11(12)16/h5-7,11-12,17H,1-4,16H2. The highest BCUT2D eigenvalue weighted by Gasteiger charge is 2.22. The van der Waals surface area contributed by atoms with Gasteiger partial charge in [-0.1, -0.05) is 24.4 Å². The van der Waals surface area contributed by atoms with Crippen molar-refractivity contribution >= 4 is 17.3 Å². The number of hydrogen-bond donors (Lipinski definition) is 2. The second kappa shape index (κ2) is 5.39. The Kier molecular flexibility index (Phi) is 3.88. The molecule has 0 radical (unpaired) electrons. The summed E-state index contributed by atoms with van der Waals surface area (Å²) in [5, 5.41) is 13.0. The lowest BCUT2D eigenvalue weighted by Gasteiger charge is -2.30. The van der Waals surface area contributed by atoms with Crippen LogP contribution in [0.2, 0.25) is 5.02 Å². The van der Waals surface area contributed by atoms with Gasteiger partial charge in [0, 0.05) is 17.1 Å². The molecule has 1 aliphatic rings. The SMILES string of the molecule is N#Cc1ccc(Cl)cc1NC1CCCCC1N. The van der Waals surface area contributed by atoms with Crippen LogP contribution in [0, 0.1) is 11.3 Å². The normalized spacial score (nSPS) is 24.1. The fraction of sp³-hybridized carbons (Fsp3) is 0.462. The van der Waals surface area contributed by atoms with Crippen molar-refractivity contribution in [3.63, 3.8) is 0 Å². The maximum absolute atomic E-state index is 9.04. The van der Waals surface area contributed by atoms with Crippen molar-refractivity contribution in [1.29, 1.82) is 5.26 Å². The maximum Gasteiger partial charge on any atom is 0.101 e. The highest BCUT2D eigenvalue weighted by atomic mass is 35.5. The second-order valence-corrected chi connectivity index (χ2v) is 4.94. The van der Waals surface area contributed by atoms with Crippen LogP contribution in [0.25, 0.3) is 0 Å². The maximum atomic E-state index is 9.04. The summed E-state index contributed by atoms with van der Waals surface area (Å²) in [6, 6.07) is 7.83. The van der Waals surface area contributed by atoms with Gasteiger partial charge in [-0.25, -0.2) is 0 Å². The van der Waals surface area contributed by atoms with Gasteiger partial charge in [-0.15, -0.1) is 0 Å². The molecule has 1 fully saturated rings. The molecule has 0 aliphatic heterocycles. The minimum atomic E-state index is 0.161. The van der Waals surface area contributed by atoms with E-state index < -0.39 is 0 Å². The van der Waals surface area contributed by atoms with Crippen LogP contribution < -0.4 is 11.1 Å². The smallest absolute Gasteiger partial charge is 0.101 e. The first-order valence-electron chi connectivity index (χ1n) is 5.92. The number of rotatable bonds is 2. The molecule has 3 N–H and O–H groups in total. The summed E-state index contributed by atoms with van der Waals surface area (Å²) in [5.41, 5.74) is 7.49. The number of nitrogens with zero attached hydrogens (tertiary/aromatic N) is 1. The third-order valence-corrected chi connectivity index (χ3v) is 3.50. The molecule has 1 aliphatic carbocycles. The minimum absolute atomic E-state index is 0.161. The van der Waals surface area contributed by atoms with Gasteiger partial charge in [0.2, 0.25) is 0 Å². The first-order chi connectivity index (χ1) is 8.20. The van der Waals surface area contributed by atoms with Crippen LogP contribution in [0.1, 0.15) is 31.2 Å². The Morgan fingerprint density at radius 1 is 1.35 bits per heavy atom. The van der Waals surface area contributed by atoms with Crippen LogP contribution in [-0.2, 0) is 0 Å². The summed E-state index contributed by atoms with van der Waals surface area (Å²) >= 11 is 5.95.